The SMILES string of the molecule is CC(NCc1cc(F)cc(C#N)c1)C1CCCCC1. The van der Waals surface area contributed by atoms with Gasteiger partial charge in [-0.15, -0.1) is 0 Å². The monoisotopic (exact) mass is 260 g/mol. The van der Waals surface area contributed by atoms with Crippen molar-refractivity contribution in [1.82, 2.24) is 5.32 Å². The maximum Gasteiger partial charge on any atom is 0.124 e. The third-order valence-corrected chi connectivity index (χ3v) is 4.07. The van der Waals surface area contributed by atoms with E-state index >= 15 is 0 Å². The van der Waals surface area contributed by atoms with Crippen LogP contribution >= 0.6 is 0 Å². The quantitative estimate of drug-likeness (QED) is 0.894. The van der Waals surface area contributed by atoms with E-state index in [4.69, 9.17) is 5.26 Å². The minimum absolute atomic E-state index is 0.332. The Bertz CT molecular complexity index is 458. The van der Waals surface area contributed by atoms with E-state index in [1.54, 1.807) is 6.07 Å². The molecular formula is C16H21FN2. The van der Waals surface area contributed by atoms with E-state index in [0.717, 1.165) is 11.5 Å². The summed E-state index contributed by atoms with van der Waals surface area (Å²) in [5.74, 6) is 0.402. The highest BCUT2D eigenvalue weighted by Gasteiger charge is 2.19. The summed E-state index contributed by atoms with van der Waals surface area (Å²) in [6.45, 7) is 2.84. The molecule has 1 aromatic carbocycles. The highest BCUT2D eigenvalue weighted by molar-refractivity contribution is 5.33. The number of benzene rings is 1. The molecule has 2 nitrogen and oxygen atoms in total. The standard InChI is InChI=1S/C16H21FN2/c1-12(15-5-3-2-4-6-15)19-11-14-7-13(10-18)8-16(17)9-14/h7-9,12,15,19H,2-6,11H2,1H3. The second-order valence-corrected chi connectivity index (χ2v) is 5.53. The van der Waals surface area contributed by atoms with Crippen LogP contribution in [0.3, 0.4) is 0 Å². The molecule has 1 N–H and O–H groups in total. The zero-order chi connectivity index (χ0) is 13.7. The van der Waals surface area contributed by atoms with Crippen LogP contribution < -0.4 is 5.32 Å². The van der Waals surface area contributed by atoms with E-state index in [1.807, 2.05) is 6.07 Å². The first-order chi connectivity index (χ1) is 9.19. The molecule has 1 atom stereocenters. The Balaban J connectivity index is 1.91. The summed E-state index contributed by atoms with van der Waals surface area (Å²) in [6, 6.07) is 6.97. The van der Waals surface area contributed by atoms with Crippen molar-refractivity contribution in [3.63, 3.8) is 0 Å². The van der Waals surface area contributed by atoms with E-state index in [0.29, 0.717) is 18.2 Å². The third kappa shape index (κ3) is 4.04. The lowest BCUT2D eigenvalue weighted by Gasteiger charge is -2.28. The van der Waals surface area contributed by atoms with E-state index in [-0.39, 0.29) is 5.82 Å². The first kappa shape index (κ1) is 14.0. The van der Waals surface area contributed by atoms with E-state index < -0.39 is 0 Å². The van der Waals surface area contributed by atoms with Gasteiger partial charge in [-0.3, -0.25) is 0 Å². The van der Waals surface area contributed by atoms with Gasteiger partial charge in [0, 0.05) is 12.6 Å². The van der Waals surface area contributed by atoms with Crippen LogP contribution in [0.15, 0.2) is 18.2 Å². The molecule has 0 aromatic heterocycles. The van der Waals surface area contributed by atoms with Gasteiger partial charge in [-0.05, 0) is 49.4 Å². The van der Waals surface area contributed by atoms with Crippen LogP contribution in [0.2, 0.25) is 0 Å². The summed E-state index contributed by atoms with van der Waals surface area (Å²) >= 11 is 0. The Hall–Kier alpha value is -1.40. The molecule has 0 saturated heterocycles. The number of hydrogen-bond donors (Lipinski definition) is 1. The van der Waals surface area contributed by atoms with Crippen LogP contribution in [-0.2, 0) is 6.54 Å². The molecule has 0 heterocycles. The molecular weight excluding hydrogens is 239 g/mol. The summed E-state index contributed by atoms with van der Waals surface area (Å²) in [6.07, 6.45) is 6.60. The Morgan fingerprint density at radius 3 is 2.74 bits per heavy atom. The fourth-order valence-electron chi connectivity index (χ4n) is 2.90. The number of nitriles is 1. The molecule has 1 fully saturated rings. The lowest BCUT2D eigenvalue weighted by atomic mass is 9.84. The maximum atomic E-state index is 13.3. The number of hydrogen-bond acceptors (Lipinski definition) is 2. The fourth-order valence-corrected chi connectivity index (χ4v) is 2.90. The predicted octanol–water partition coefficient (Wildman–Crippen LogP) is 3.76. The number of rotatable bonds is 4. The van der Waals surface area contributed by atoms with Crippen LogP contribution in [0.25, 0.3) is 0 Å². The molecule has 0 spiro atoms. The Labute approximate surface area is 114 Å². The van der Waals surface area contributed by atoms with Crippen LogP contribution in [0.5, 0.6) is 0 Å². The normalized spacial score (nSPS) is 17.9. The number of nitrogens with one attached hydrogen (secondary N) is 1. The lowest BCUT2D eigenvalue weighted by Crippen LogP contribution is -2.34. The second-order valence-electron chi connectivity index (χ2n) is 5.53. The van der Waals surface area contributed by atoms with Gasteiger partial charge in [-0.1, -0.05) is 19.3 Å². The summed E-state index contributed by atoms with van der Waals surface area (Å²) < 4.78 is 13.3. The Morgan fingerprint density at radius 2 is 2.05 bits per heavy atom. The molecule has 1 aromatic rings. The van der Waals surface area contributed by atoms with Crippen LogP contribution in [-0.4, -0.2) is 6.04 Å². The van der Waals surface area contributed by atoms with Gasteiger partial charge in [0.05, 0.1) is 11.6 Å². The summed E-state index contributed by atoms with van der Waals surface area (Å²) in [4.78, 5) is 0. The van der Waals surface area contributed by atoms with Gasteiger partial charge in [-0.25, -0.2) is 4.39 Å². The van der Waals surface area contributed by atoms with Crippen molar-refractivity contribution >= 4 is 0 Å². The van der Waals surface area contributed by atoms with Crippen LogP contribution in [0.1, 0.15) is 50.2 Å². The van der Waals surface area contributed by atoms with Crippen LogP contribution in [0.4, 0.5) is 4.39 Å². The molecule has 1 aliphatic carbocycles. The van der Waals surface area contributed by atoms with Gasteiger partial charge >= 0.3 is 0 Å². The van der Waals surface area contributed by atoms with Crippen molar-refractivity contribution in [3.05, 3.63) is 35.1 Å². The third-order valence-electron chi connectivity index (χ3n) is 4.07. The molecule has 102 valence electrons. The highest BCUT2D eigenvalue weighted by atomic mass is 19.1. The van der Waals surface area contributed by atoms with Crippen molar-refractivity contribution in [1.29, 1.82) is 5.26 Å². The predicted molar refractivity (Wildman–Crippen MR) is 74.0 cm³/mol. The molecule has 3 heteroatoms. The summed E-state index contributed by atoms with van der Waals surface area (Å²) in [5, 5.41) is 12.3. The van der Waals surface area contributed by atoms with Gasteiger partial charge < -0.3 is 5.32 Å². The van der Waals surface area contributed by atoms with Crippen molar-refractivity contribution in [3.8, 4) is 6.07 Å². The topological polar surface area (TPSA) is 35.8 Å². The van der Waals surface area contributed by atoms with E-state index in [9.17, 15) is 4.39 Å². The molecule has 1 saturated carbocycles. The minimum atomic E-state index is -0.332. The summed E-state index contributed by atoms with van der Waals surface area (Å²) in [7, 11) is 0. The molecule has 19 heavy (non-hydrogen) atoms. The average molecular weight is 260 g/mol. The van der Waals surface area contributed by atoms with E-state index in [1.165, 1.54) is 44.2 Å². The molecule has 0 amide bonds. The molecule has 0 aliphatic heterocycles. The summed E-state index contributed by atoms with van der Waals surface area (Å²) in [5.41, 5.74) is 1.24. The van der Waals surface area contributed by atoms with Gasteiger partial charge in [0.25, 0.3) is 0 Å². The molecule has 2 rings (SSSR count). The largest absolute Gasteiger partial charge is 0.310 e. The number of nitrogens with zero attached hydrogens (tertiary/aromatic N) is 1. The first-order valence-electron chi connectivity index (χ1n) is 7.12. The van der Waals surface area contributed by atoms with Crippen molar-refractivity contribution in [2.75, 3.05) is 0 Å². The fraction of sp³-hybridized carbons (Fsp3) is 0.562. The van der Waals surface area contributed by atoms with Gasteiger partial charge in [-0.2, -0.15) is 5.26 Å². The zero-order valence-corrected chi connectivity index (χ0v) is 11.5. The molecule has 1 aliphatic rings. The first-order valence-corrected chi connectivity index (χ1v) is 7.12. The van der Waals surface area contributed by atoms with Gasteiger partial charge in [0.15, 0.2) is 0 Å². The van der Waals surface area contributed by atoms with E-state index in [2.05, 4.69) is 12.2 Å². The lowest BCUT2D eigenvalue weighted by molar-refractivity contribution is 0.280. The maximum absolute atomic E-state index is 13.3. The van der Waals surface area contributed by atoms with Gasteiger partial charge in [0.2, 0.25) is 0 Å². The Morgan fingerprint density at radius 1 is 1.32 bits per heavy atom. The van der Waals surface area contributed by atoms with Gasteiger partial charge in [0.1, 0.15) is 5.82 Å². The van der Waals surface area contributed by atoms with Crippen molar-refractivity contribution in [2.45, 2.75) is 51.6 Å². The Kier molecular flexibility index (Phi) is 4.93. The van der Waals surface area contributed by atoms with Crippen molar-refractivity contribution < 1.29 is 4.39 Å². The van der Waals surface area contributed by atoms with Crippen molar-refractivity contribution in [2.24, 2.45) is 5.92 Å². The second kappa shape index (κ2) is 6.68. The zero-order valence-electron chi connectivity index (χ0n) is 11.5. The smallest absolute Gasteiger partial charge is 0.124 e. The number of halogens is 1. The molecule has 0 radical (unpaired) electrons. The highest BCUT2D eigenvalue weighted by Crippen LogP contribution is 2.26. The molecule has 0 bridgehead atoms. The minimum Gasteiger partial charge on any atom is -0.310 e. The van der Waals surface area contributed by atoms with Crippen LogP contribution in [0, 0.1) is 23.1 Å². The molecule has 1 unspecified atom stereocenters. The average Bonchev–Trinajstić information content (AvgIpc) is 2.45.